The number of nitriles is 2. The van der Waals surface area contributed by atoms with Gasteiger partial charge in [0.25, 0.3) is 10.1 Å². The van der Waals surface area contributed by atoms with E-state index < -0.39 is 10.1 Å². The average Bonchev–Trinajstić information content (AvgIpc) is 3.40. The number of likely N-dealkylation sites (N-methyl/N-ethyl adjacent to an activating group) is 1. The molecule has 212 valence electrons. The Balaban J connectivity index is 0.00000441. The van der Waals surface area contributed by atoms with Crippen LogP contribution in [0.5, 0.6) is 0 Å². The zero-order chi connectivity index (χ0) is 28.2. The Bertz CT molecular complexity index is 1470. The molecule has 0 saturated carbocycles. The molecule has 0 fully saturated rings. The first kappa shape index (κ1) is 30.5. The molecule has 0 aliphatic carbocycles. The summed E-state index contributed by atoms with van der Waals surface area (Å²) in [6.07, 6.45) is 7.05. The smallest absolute Gasteiger partial charge is 0.264 e. The first-order valence-electron chi connectivity index (χ1n) is 13.3. The van der Waals surface area contributed by atoms with Crippen molar-refractivity contribution in [2.24, 2.45) is 0 Å². The van der Waals surface area contributed by atoms with Crippen molar-refractivity contribution in [3.63, 3.8) is 0 Å². The molecule has 0 spiro atoms. The fourth-order valence-corrected chi connectivity index (χ4v) is 5.99. The van der Waals surface area contributed by atoms with Gasteiger partial charge in [0, 0.05) is 26.2 Å². The molecular weight excluding hydrogens is 528 g/mol. The fourth-order valence-electron chi connectivity index (χ4n) is 5.42. The van der Waals surface area contributed by atoms with E-state index in [9.17, 15) is 18.9 Å². The Labute approximate surface area is 236 Å². The van der Waals surface area contributed by atoms with Crippen LogP contribution in [0.4, 0.5) is 22.7 Å². The number of hydrogen-bond donors (Lipinski definition) is 1. The first-order valence-corrected chi connectivity index (χ1v) is 14.9. The van der Waals surface area contributed by atoms with E-state index in [0.29, 0.717) is 30.5 Å². The van der Waals surface area contributed by atoms with Gasteiger partial charge in [0.1, 0.15) is 12.0 Å². The lowest BCUT2D eigenvalue weighted by atomic mass is 10.1. The molecule has 4 rings (SSSR count). The van der Waals surface area contributed by atoms with Crippen molar-refractivity contribution in [1.82, 2.24) is 0 Å². The highest BCUT2D eigenvalue weighted by molar-refractivity contribution is 7.85. The third-order valence-electron chi connectivity index (χ3n) is 7.15. The zero-order valence-electron chi connectivity index (χ0n) is 23.1. The molecular formula is C29H36N6O4S. The van der Waals surface area contributed by atoms with Crippen LogP contribution in [0.2, 0.25) is 0 Å². The van der Waals surface area contributed by atoms with Crippen molar-refractivity contribution in [1.29, 1.82) is 10.5 Å². The van der Waals surface area contributed by atoms with Gasteiger partial charge in [-0.15, -0.1) is 0 Å². The second-order valence-electron chi connectivity index (χ2n) is 9.42. The number of fused-ring (bicyclic) bond motifs is 2. The minimum atomic E-state index is -4.01. The van der Waals surface area contributed by atoms with Crippen molar-refractivity contribution in [3.05, 3.63) is 71.6 Å². The van der Waals surface area contributed by atoms with E-state index in [1.807, 2.05) is 42.5 Å². The van der Waals surface area contributed by atoms with Crippen LogP contribution in [0, 0.1) is 22.7 Å². The summed E-state index contributed by atoms with van der Waals surface area (Å²) in [5.74, 6) is 0.760. The van der Waals surface area contributed by atoms with E-state index >= 15 is 0 Å². The molecule has 0 amide bonds. The summed E-state index contributed by atoms with van der Waals surface area (Å²) >= 11 is 0. The predicted molar refractivity (Wildman–Crippen MR) is 159 cm³/mol. The molecule has 0 saturated heterocycles. The van der Waals surface area contributed by atoms with Crippen LogP contribution >= 0.6 is 0 Å². The highest BCUT2D eigenvalue weighted by Gasteiger charge is 2.34. The third kappa shape index (κ3) is 6.07. The average molecular weight is 565 g/mol. The molecule has 2 aliphatic heterocycles. The highest BCUT2D eigenvalue weighted by Crippen LogP contribution is 2.43. The van der Waals surface area contributed by atoms with Crippen LogP contribution in [0.15, 0.2) is 60.4 Å². The van der Waals surface area contributed by atoms with Crippen molar-refractivity contribution >= 4 is 32.9 Å². The summed E-state index contributed by atoms with van der Waals surface area (Å²) in [6, 6.07) is 15.9. The first-order chi connectivity index (χ1) is 18.8. The maximum atomic E-state index is 11.2. The number of anilines is 4. The molecule has 1 atom stereocenters. The van der Waals surface area contributed by atoms with Crippen molar-refractivity contribution in [2.45, 2.75) is 39.8 Å². The lowest BCUT2D eigenvalue weighted by Crippen LogP contribution is -2.42. The van der Waals surface area contributed by atoms with E-state index in [1.54, 1.807) is 0 Å². The maximum absolute atomic E-state index is 11.2. The largest absolute Gasteiger partial charge is 0.412 e. The van der Waals surface area contributed by atoms with Gasteiger partial charge >= 0.3 is 0 Å². The minimum absolute atomic E-state index is 0. The Morgan fingerprint density at radius 2 is 1.45 bits per heavy atom. The molecule has 2 aromatic rings. The van der Waals surface area contributed by atoms with Gasteiger partial charge in [0.05, 0.1) is 51.8 Å². The normalized spacial score (nSPS) is 17.1. The minimum Gasteiger partial charge on any atom is -0.412 e. The molecule has 10 nitrogen and oxygen atoms in total. The van der Waals surface area contributed by atoms with Crippen LogP contribution < -0.4 is 19.6 Å². The van der Waals surface area contributed by atoms with Gasteiger partial charge in [0.15, 0.2) is 0 Å². The molecule has 0 aromatic heterocycles. The Morgan fingerprint density at radius 1 is 0.850 bits per heavy atom. The Hall–Kier alpha value is -4.03. The lowest BCUT2D eigenvalue weighted by molar-refractivity contribution is 0.480. The standard InChI is InChI=1S/C29H34N6O3S.H2O/c1-4-32-24-14-12-22(20-30)18-26(24)34(6-3)28(32)10-9-11-29-33(5-2)25-15-13-23(21-31)19-27(25)35(29)16-7-8-17-39(36,37)38;/h9-15,18-19,29H,4-8,16-17H2,1-3H3,(H,36,37,38);1H2/b11-9+,28-10-;. The summed E-state index contributed by atoms with van der Waals surface area (Å²) < 4.78 is 31.6. The van der Waals surface area contributed by atoms with E-state index in [4.69, 9.17) is 4.55 Å². The predicted octanol–water partition coefficient (Wildman–Crippen LogP) is 4.01. The van der Waals surface area contributed by atoms with Gasteiger partial charge < -0.3 is 25.1 Å². The number of unbranched alkanes of at least 4 members (excludes halogenated alkanes) is 1. The fraction of sp³-hybridized carbons (Fsp3) is 0.379. The van der Waals surface area contributed by atoms with E-state index in [1.165, 1.54) is 0 Å². The van der Waals surface area contributed by atoms with Crippen molar-refractivity contribution in [2.75, 3.05) is 51.5 Å². The summed E-state index contributed by atoms with van der Waals surface area (Å²) in [6.45, 7) is 9.13. The molecule has 1 unspecified atom stereocenters. The van der Waals surface area contributed by atoms with Crippen LogP contribution in [0.25, 0.3) is 0 Å². The molecule has 11 heteroatoms. The molecule has 0 bridgehead atoms. The number of benzene rings is 2. The summed E-state index contributed by atoms with van der Waals surface area (Å²) in [5.41, 5.74) is 5.25. The Kier molecular flexibility index (Phi) is 9.83. The quantitative estimate of drug-likeness (QED) is 0.334. The number of rotatable bonds is 10. The topological polar surface area (TPSA) is 146 Å². The van der Waals surface area contributed by atoms with Gasteiger partial charge in [-0.25, -0.2) is 0 Å². The second-order valence-corrected chi connectivity index (χ2v) is 11.0. The van der Waals surface area contributed by atoms with Crippen LogP contribution in [0.3, 0.4) is 0 Å². The molecule has 2 aromatic carbocycles. The number of nitrogens with zero attached hydrogens (tertiary/aromatic N) is 6. The molecule has 2 aliphatic rings. The Morgan fingerprint density at radius 3 is 2.02 bits per heavy atom. The molecule has 3 N–H and O–H groups in total. The monoisotopic (exact) mass is 564 g/mol. The molecule has 0 radical (unpaired) electrons. The van der Waals surface area contributed by atoms with Crippen LogP contribution in [0.1, 0.15) is 44.7 Å². The summed E-state index contributed by atoms with van der Waals surface area (Å²) in [5, 5.41) is 18.9. The molecule has 40 heavy (non-hydrogen) atoms. The number of allylic oxidation sites excluding steroid dienone is 2. The SMILES string of the molecule is CCN1/C(=C/C=C/C2N(CC)c3ccc(C#N)cc3N2CCCCS(=O)(=O)O)N(CC)c2cc(C#N)ccc21.O. The lowest BCUT2D eigenvalue weighted by Gasteiger charge is -2.30. The third-order valence-corrected chi connectivity index (χ3v) is 7.96. The highest BCUT2D eigenvalue weighted by atomic mass is 32.2. The van der Waals surface area contributed by atoms with Crippen LogP contribution in [-0.2, 0) is 10.1 Å². The van der Waals surface area contributed by atoms with Gasteiger partial charge in [-0.05, 0) is 82.2 Å². The van der Waals surface area contributed by atoms with Gasteiger partial charge in [-0.1, -0.05) is 6.08 Å². The molecule has 2 heterocycles. The summed E-state index contributed by atoms with van der Waals surface area (Å²) in [7, 11) is -4.01. The van der Waals surface area contributed by atoms with Crippen molar-refractivity contribution < 1.29 is 18.4 Å². The van der Waals surface area contributed by atoms with E-state index in [2.05, 4.69) is 64.7 Å². The number of hydrogen-bond acceptors (Lipinski definition) is 8. The second kappa shape index (κ2) is 12.9. The van der Waals surface area contributed by atoms with E-state index in [-0.39, 0.29) is 17.4 Å². The maximum Gasteiger partial charge on any atom is 0.264 e. The van der Waals surface area contributed by atoms with Crippen molar-refractivity contribution in [3.8, 4) is 12.1 Å². The zero-order valence-corrected chi connectivity index (χ0v) is 23.9. The van der Waals surface area contributed by atoms with Gasteiger partial charge in [0.2, 0.25) is 0 Å². The van der Waals surface area contributed by atoms with Gasteiger partial charge in [-0.3, -0.25) is 4.55 Å². The van der Waals surface area contributed by atoms with Crippen LogP contribution in [-0.4, -0.2) is 56.5 Å². The van der Waals surface area contributed by atoms with E-state index in [0.717, 1.165) is 48.2 Å². The summed E-state index contributed by atoms with van der Waals surface area (Å²) in [4.78, 5) is 8.89. The van der Waals surface area contributed by atoms with Gasteiger partial charge in [-0.2, -0.15) is 18.9 Å².